The third-order valence-electron chi connectivity index (χ3n) is 2.52. The first-order chi connectivity index (χ1) is 6.79. The molecule has 0 aliphatic rings. The summed E-state index contributed by atoms with van der Waals surface area (Å²) in [6.07, 6.45) is 7.70. The lowest BCUT2D eigenvalue weighted by Crippen LogP contribution is -2.31. The Hall–Kier alpha value is -0.830. The molecule has 0 aliphatic carbocycles. The quantitative estimate of drug-likeness (QED) is 0.496. The summed E-state index contributed by atoms with van der Waals surface area (Å²) in [5.41, 5.74) is 0. The summed E-state index contributed by atoms with van der Waals surface area (Å²) < 4.78 is 9.55. The maximum atomic E-state index is 5.03. The molecule has 1 aromatic rings. The molecule has 0 unspecified atom stereocenters. The Morgan fingerprint density at radius 3 is 2.86 bits per heavy atom. The van der Waals surface area contributed by atoms with Crippen molar-refractivity contribution >= 4 is 0 Å². The third kappa shape index (κ3) is 2.84. The van der Waals surface area contributed by atoms with Crippen LogP contribution in [0.2, 0.25) is 0 Å². The number of imidazole rings is 1. The van der Waals surface area contributed by atoms with Crippen molar-refractivity contribution in [2.24, 2.45) is 7.05 Å². The molecule has 0 aliphatic heterocycles. The van der Waals surface area contributed by atoms with Crippen LogP contribution < -0.4 is 4.57 Å². The largest absolute Gasteiger partial charge is 0.385 e. The summed E-state index contributed by atoms with van der Waals surface area (Å²) in [7, 11) is 3.86. The van der Waals surface area contributed by atoms with E-state index in [0.29, 0.717) is 0 Å². The third-order valence-corrected chi connectivity index (χ3v) is 2.52. The molecule has 0 fully saturated rings. The second kappa shape index (κ2) is 5.81. The first-order valence-electron chi connectivity index (χ1n) is 5.32. The van der Waals surface area contributed by atoms with Crippen LogP contribution in [0.25, 0.3) is 0 Å². The zero-order chi connectivity index (χ0) is 10.4. The maximum Gasteiger partial charge on any atom is 0.255 e. The molecular weight excluding hydrogens is 176 g/mol. The minimum Gasteiger partial charge on any atom is -0.385 e. The van der Waals surface area contributed by atoms with Gasteiger partial charge in [0.2, 0.25) is 0 Å². The molecule has 0 saturated heterocycles. The van der Waals surface area contributed by atoms with Gasteiger partial charge in [0.05, 0.1) is 13.6 Å². The second-order valence-corrected chi connectivity index (χ2v) is 3.57. The number of nitrogens with zero attached hydrogens (tertiary/aromatic N) is 2. The SMILES string of the molecule is CCc1n(CCCCOC)cc[n+]1C. The second-order valence-electron chi connectivity index (χ2n) is 3.57. The molecule has 0 saturated carbocycles. The van der Waals surface area contributed by atoms with E-state index in [-0.39, 0.29) is 0 Å². The van der Waals surface area contributed by atoms with Crippen molar-refractivity contribution in [2.45, 2.75) is 32.7 Å². The molecule has 1 aromatic heterocycles. The zero-order valence-electron chi connectivity index (χ0n) is 9.49. The van der Waals surface area contributed by atoms with Gasteiger partial charge >= 0.3 is 0 Å². The molecule has 3 heteroatoms. The minimum absolute atomic E-state index is 0.870. The van der Waals surface area contributed by atoms with Gasteiger partial charge in [-0.1, -0.05) is 6.92 Å². The summed E-state index contributed by atoms with van der Waals surface area (Å²) in [4.78, 5) is 0. The molecule has 1 heterocycles. The summed E-state index contributed by atoms with van der Waals surface area (Å²) in [6.45, 7) is 4.17. The lowest BCUT2D eigenvalue weighted by atomic mass is 10.3. The number of rotatable bonds is 6. The van der Waals surface area contributed by atoms with Gasteiger partial charge in [0.15, 0.2) is 0 Å². The lowest BCUT2D eigenvalue weighted by Gasteiger charge is -2.00. The van der Waals surface area contributed by atoms with Crippen LogP contribution in [0.5, 0.6) is 0 Å². The fourth-order valence-electron chi connectivity index (χ4n) is 1.74. The first kappa shape index (κ1) is 11.2. The van der Waals surface area contributed by atoms with E-state index < -0.39 is 0 Å². The summed E-state index contributed by atoms with van der Waals surface area (Å²) in [5.74, 6) is 1.39. The summed E-state index contributed by atoms with van der Waals surface area (Å²) >= 11 is 0. The molecule has 1 rings (SSSR count). The highest BCUT2D eigenvalue weighted by molar-refractivity contribution is 4.82. The number of aryl methyl sites for hydroxylation is 2. The Morgan fingerprint density at radius 2 is 2.21 bits per heavy atom. The Balaban J connectivity index is 2.42. The van der Waals surface area contributed by atoms with Crippen molar-refractivity contribution in [3.8, 4) is 0 Å². The molecule has 0 bridgehead atoms. The number of hydrogen-bond acceptors (Lipinski definition) is 1. The van der Waals surface area contributed by atoms with Crippen LogP contribution in [0.4, 0.5) is 0 Å². The predicted octanol–water partition coefficient (Wildman–Crippen LogP) is 1.30. The summed E-state index contributed by atoms with van der Waals surface area (Å²) in [5, 5.41) is 0. The molecule has 3 nitrogen and oxygen atoms in total. The topological polar surface area (TPSA) is 18.0 Å². The van der Waals surface area contributed by atoms with E-state index in [0.717, 1.165) is 26.0 Å². The standard InChI is InChI=1S/C11H21N2O/c1-4-11-12(2)8-9-13(11)7-5-6-10-14-3/h8-9H,4-7,10H2,1-3H3/q+1. The molecule has 0 radical (unpaired) electrons. The number of hydrogen-bond donors (Lipinski definition) is 0. The van der Waals surface area contributed by atoms with Gasteiger partial charge in [-0.15, -0.1) is 0 Å². The molecule has 0 spiro atoms. The van der Waals surface area contributed by atoms with Crippen LogP contribution in [0.15, 0.2) is 12.4 Å². The van der Waals surface area contributed by atoms with Gasteiger partial charge in [0, 0.05) is 20.1 Å². The van der Waals surface area contributed by atoms with E-state index >= 15 is 0 Å². The van der Waals surface area contributed by atoms with Crippen LogP contribution in [0.1, 0.15) is 25.6 Å². The highest BCUT2D eigenvalue weighted by Crippen LogP contribution is 2.00. The zero-order valence-corrected chi connectivity index (χ0v) is 9.49. The van der Waals surface area contributed by atoms with E-state index in [1.807, 2.05) is 0 Å². The van der Waals surface area contributed by atoms with Crippen LogP contribution in [0, 0.1) is 0 Å². The van der Waals surface area contributed by atoms with E-state index in [4.69, 9.17) is 4.74 Å². The normalized spacial score (nSPS) is 10.8. The van der Waals surface area contributed by atoms with Crippen molar-refractivity contribution in [1.82, 2.24) is 4.57 Å². The fourth-order valence-corrected chi connectivity index (χ4v) is 1.74. The van der Waals surface area contributed by atoms with Crippen molar-refractivity contribution in [2.75, 3.05) is 13.7 Å². The van der Waals surface area contributed by atoms with E-state index in [9.17, 15) is 0 Å². The highest BCUT2D eigenvalue weighted by Gasteiger charge is 2.10. The molecule has 0 amide bonds. The Kier molecular flexibility index (Phi) is 4.66. The average molecular weight is 197 g/mol. The molecule has 0 atom stereocenters. The number of aromatic nitrogens is 2. The van der Waals surface area contributed by atoms with Gasteiger partial charge in [-0.3, -0.25) is 0 Å². The number of unbranched alkanes of at least 4 members (excludes halogenated alkanes) is 1. The molecular formula is C11H21N2O+. The van der Waals surface area contributed by atoms with E-state index in [1.165, 1.54) is 12.2 Å². The van der Waals surface area contributed by atoms with Gasteiger partial charge in [0.1, 0.15) is 12.4 Å². The van der Waals surface area contributed by atoms with Crippen molar-refractivity contribution in [1.29, 1.82) is 0 Å². The van der Waals surface area contributed by atoms with Gasteiger partial charge in [-0.05, 0) is 12.8 Å². The van der Waals surface area contributed by atoms with Crippen molar-refractivity contribution in [3.05, 3.63) is 18.2 Å². The van der Waals surface area contributed by atoms with E-state index in [1.54, 1.807) is 7.11 Å². The molecule has 0 N–H and O–H groups in total. The van der Waals surface area contributed by atoms with Crippen LogP contribution in [-0.2, 0) is 24.8 Å². The van der Waals surface area contributed by atoms with Gasteiger partial charge in [-0.25, -0.2) is 9.13 Å². The molecule has 0 aromatic carbocycles. The number of ether oxygens (including phenoxy) is 1. The fraction of sp³-hybridized carbons (Fsp3) is 0.727. The van der Waals surface area contributed by atoms with Crippen molar-refractivity contribution in [3.63, 3.8) is 0 Å². The highest BCUT2D eigenvalue weighted by atomic mass is 16.5. The Bertz CT molecular complexity index is 268. The van der Waals surface area contributed by atoms with Crippen LogP contribution >= 0.6 is 0 Å². The number of methoxy groups -OCH3 is 1. The molecule has 80 valence electrons. The smallest absolute Gasteiger partial charge is 0.255 e. The van der Waals surface area contributed by atoms with Crippen LogP contribution in [-0.4, -0.2) is 18.3 Å². The lowest BCUT2D eigenvalue weighted by molar-refractivity contribution is -0.678. The van der Waals surface area contributed by atoms with Gasteiger partial charge in [0.25, 0.3) is 5.82 Å². The van der Waals surface area contributed by atoms with Gasteiger partial charge < -0.3 is 4.74 Å². The Morgan fingerprint density at radius 1 is 1.43 bits per heavy atom. The summed E-state index contributed by atoms with van der Waals surface area (Å²) in [6, 6.07) is 0. The van der Waals surface area contributed by atoms with Crippen molar-refractivity contribution < 1.29 is 9.30 Å². The monoisotopic (exact) mass is 197 g/mol. The predicted molar refractivity (Wildman–Crippen MR) is 56.1 cm³/mol. The van der Waals surface area contributed by atoms with Gasteiger partial charge in [-0.2, -0.15) is 0 Å². The first-order valence-corrected chi connectivity index (χ1v) is 5.32. The minimum atomic E-state index is 0.870. The Labute approximate surface area is 86.3 Å². The van der Waals surface area contributed by atoms with E-state index in [2.05, 4.69) is 35.5 Å². The molecule has 14 heavy (non-hydrogen) atoms. The average Bonchev–Trinajstić information content (AvgIpc) is 2.54. The van der Waals surface area contributed by atoms with Crippen LogP contribution in [0.3, 0.4) is 0 Å². The maximum absolute atomic E-state index is 5.03.